The molecule has 0 saturated carbocycles. The predicted octanol–water partition coefficient (Wildman–Crippen LogP) is 4.37. The van der Waals surface area contributed by atoms with Crippen LogP contribution in [0.15, 0.2) is 36.7 Å². The van der Waals surface area contributed by atoms with Crippen molar-refractivity contribution in [3.05, 3.63) is 36.7 Å². The summed E-state index contributed by atoms with van der Waals surface area (Å²) in [6.07, 6.45) is 0.606. The second kappa shape index (κ2) is 10.4. The van der Waals surface area contributed by atoms with Crippen LogP contribution in [0.1, 0.15) is 20.3 Å². The normalized spacial score (nSPS) is 12.6. The largest absolute Gasteiger partial charge is 0.480 e. The van der Waals surface area contributed by atoms with E-state index in [1.54, 1.807) is 6.92 Å². The van der Waals surface area contributed by atoms with Crippen molar-refractivity contribution in [3.8, 4) is 0 Å². The second-order valence-electron chi connectivity index (χ2n) is 6.96. The Hall–Kier alpha value is -0.779. The fraction of sp³-hybridized carbons (Fsp3) is 0.588. The Bertz CT molecular complexity index is 467. The molecule has 0 bridgehead atoms. The van der Waals surface area contributed by atoms with E-state index in [1.165, 1.54) is 0 Å². The van der Waals surface area contributed by atoms with Crippen molar-refractivity contribution in [2.45, 2.75) is 52.5 Å². The molecule has 0 rings (SSSR count). The maximum Gasteiger partial charge on any atom is 0.480 e. The summed E-state index contributed by atoms with van der Waals surface area (Å²) in [5.41, 5.74) is 4.14. The molecule has 0 aromatic rings. The highest BCUT2D eigenvalue weighted by molar-refractivity contribution is 6.89. The smallest absolute Gasteiger partial charge is 0.462 e. The van der Waals surface area contributed by atoms with Gasteiger partial charge in [0, 0.05) is 18.2 Å². The third-order valence-electron chi connectivity index (χ3n) is 3.39. The van der Waals surface area contributed by atoms with Crippen LogP contribution >= 0.6 is 0 Å². The molecule has 0 unspecified atom stereocenters. The first-order valence-corrected chi connectivity index (χ1v) is 16.5. The minimum atomic E-state index is -2.94. The van der Waals surface area contributed by atoms with Gasteiger partial charge in [0.25, 0.3) is 0 Å². The molecule has 0 atom stereocenters. The molecule has 8 heteroatoms. The van der Waals surface area contributed by atoms with Crippen molar-refractivity contribution < 1.29 is 22.2 Å². The van der Waals surface area contributed by atoms with Gasteiger partial charge in [-0.2, -0.15) is 0 Å². The van der Waals surface area contributed by atoms with Crippen LogP contribution in [-0.2, 0) is 22.2 Å². The van der Waals surface area contributed by atoms with Crippen LogP contribution in [0.25, 0.3) is 0 Å². The second-order valence-corrected chi connectivity index (χ2v) is 18.0. The van der Waals surface area contributed by atoms with Gasteiger partial charge in [-0.3, -0.25) is 0 Å². The number of carbonyl (C=O) groups excluding carboxylic acids is 1. The molecule has 0 saturated heterocycles. The number of esters is 1. The molecule has 0 N–H and O–H groups in total. The number of carbonyl (C=O) groups is 1. The van der Waals surface area contributed by atoms with Crippen molar-refractivity contribution in [3.63, 3.8) is 0 Å². The van der Waals surface area contributed by atoms with E-state index in [9.17, 15) is 4.79 Å². The Morgan fingerprint density at radius 1 is 1.04 bits per heavy atom. The van der Waals surface area contributed by atoms with E-state index < -0.39 is 25.4 Å². The van der Waals surface area contributed by atoms with E-state index in [2.05, 4.69) is 45.9 Å². The van der Waals surface area contributed by atoms with E-state index in [-0.39, 0.29) is 12.6 Å². The van der Waals surface area contributed by atoms with Crippen LogP contribution in [0.4, 0.5) is 0 Å². The predicted molar refractivity (Wildman–Crippen MR) is 110 cm³/mol. The average Bonchev–Trinajstić information content (AvgIpc) is 2.50. The third-order valence-corrected chi connectivity index (χ3v) is 13.8. The van der Waals surface area contributed by atoms with Gasteiger partial charge in [0.05, 0.1) is 6.61 Å². The van der Waals surface area contributed by atoms with E-state index >= 15 is 0 Å². The molecule has 5 nitrogen and oxygen atoms in total. The fourth-order valence-electron chi connectivity index (χ4n) is 1.94. The summed E-state index contributed by atoms with van der Waals surface area (Å²) < 4.78 is 24.2. The first kappa shape index (κ1) is 24.2. The molecule has 0 aromatic carbocycles. The van der Waals surface area contributed by atoms with Gasteiger partial charge in [-0.05, 0) is 46.5 Å². The van der Waals surface area contributed by atoms with Gasteiger partial charge >= 0.3 is 14.8 Å². The van der Waals surface area contributed by atoms with Gasteiger partial charge in [0.2, 0.25) is 16.6 Å². The van der Waals surface area contributed by atoms with Crippen LogP contribution < -0.4 is 0 Å². The summed E-state index contributed by atoms with van der Waals surface area (Å²) in [5.74, 6) is -0.382. The number of ether oxygens (including phenoxy) is 1. The Kier molecular flexibility index (Phi) is 10.1. The van der Waals surface area contributed by atoms with Crippen molar-refractivity contribution in [1.82, 2.24) is 0 Å². The maximum absolute atomic E-state index is 11.5. The summed E-state index contributed by atoms with van der Waals surface area (Å²) in [6.45, 7) is 24.0. The minimum Gasteiger partial charge on any atom is -0.462 e. The van der Waals surface area contributed by atoms with Crippen molar-refractivity contribution in [2.75, 3.05) is 13.2 Å². The summed E-state index contributed by atoms with van der Waals surface area (Å²) in [4.78, 5) is 11.5. The van der Waals surface area contributed by atoms with Crippen molar-refractivity contribution in [2.24, 2.45) is 0 Å². The lowest BCUT2D eigenvalue weighted by Crippen LogP contribution is -2.57. The summed E-state index contributed by atoms with van der Waals surface area (Å²) in [5, 5.41) is 0. The number of rotatable bonds is 13. The molecular formula is C17H34O5Si3. The Balaban J connectivity index is 5.24. The van der Waals surface area contributed by atoms with E-state index in [0.29, 0.717) is 24.6 Å². The Morgan fingerprint density at radius 2 is 1.52 bits per heavy atom. The Labute approximate surface area is 156 Å². The van der Waals surface area contributed by atoms with Gasteiger partial charge in [0.1, 0.15) is 0 Å². The Morgan fingerprint density at radius 3 is 1.88 bits per heavy atom. The lowest BCUT2D eigenvalue weighted by molar-refractivity contribution is -0.139. The highest BCUT2D eigenvalue weighted by atomic mass is 28.5. The minimum absolute atomic E-state index is 0.284. The molecule has 0 radical (unpaired) electrons. The van der Waals surface area contributed by atoms with Gasteiger partial charge in [0.15, 0.2) is 0 Å². The van der Waals surface area contributed by atoms with Gasteiger partial charge < -0.3 is 17.4 Å². The zero-order chi connectivity index (χ0) is 19.7. The lowest BCUT2D eigenvalue weighted by Gasteiger charge is -2.39. The van der Waals surface area contributed by atoms with Crippen LogP contribution in [0.2, 0.25) is 32.2 Å². The lowest BCUT2D eigenvalue weighted by atomic mass is 10.4. The van der Waals surface area contributed by atoms with Crippen LogP contribution in [0, 0.1) is 0 Å². The molecule has 0 spiro atoms. The molecule has 0 aliphatic carbocycles. The highest BCUT2D eigenvalue weighted by Gasteiger charge is 2.48. The topological polar surface area (TPSA) is 54.0 Å². The van der Waals surface area contributed by atoms with E-state index in [0.717, 1.165) is 0 Å². The number of hydrogen-bond acceptors (Lipinski definition) is 5. The van der Waals surface area contributed by atoms with Crippen LogP contribution in [-0.4, -0.2) is 44.6 Å². The quantitative estimate of drug-likeness (QED) is 0.198. The molecule has 0 aromatic heterocycles. The molecule has 0 aliphatic heterocycles. The molecular weight excluding hydrogens is 368 g/mol. The molecule has 0 amide bonds. The van der Waals surface area contributed by atoms with Crippen LogP contribution in [0.3, 0.4) is 0 Å². The highest BCUT2D eigenvalue weighted by Crippen LogP contribution is 2.27. The summed E-state index contributed by atoms with van der Waals surface area (Å²) in [6, 6.07) is 0.582. The first-order chi connectivity index (χ1) is 11.4. The zero-order valence-corrected chi connectivity index (χ0v) is 19.6. The number of hydrogen-bond donors (Lipinski definition) is 0. The first-order valence-electron chi connectivity index (χ1n) is 8.56. The molecule has 0 fully saturated rings. The maximum atomic E-state index is 11.5. The van der Waals surface area contributed by atoms with E-state index in [1.807, 2.05) is 18.3 Å². The molecule has 25 heavy (non-hydrogen) atoms. The summed E-state index contributed by atoms with van der Waals surface area (Å²) in [7, 11) is -7.18. The van der Waals surface area contributed by atoms with Gasteiger partial charge in [-0.1, -0.05) is 18.0 Å². The molecule has 0 aliphatic rings. The van der Waals surface area contributed by atoms with Gasteiger partial charge in [-0.15, -0.1) is 13.2 Å². The molecule has 0 heterocycles. The SMILES string of the molecule is C=C[Si](C)(C)O[Si](CCCOC(=O)C(=C)C)(OCC)O[Si](C)(C)C=C. The zero-order valence-electron chi connectivity index (χ0n) is 16.6. The van der Waals surface area contributed by atoms with Crippen molar-refractivity contribution in [1.29, 1.82) is 0 Å². The standard InChI is InChI=1S/C17H34O5Si3/c1-10-20-25(21-23(6,7)11-2,22-24(8,9)12-3)15-13-14-19-17(18)16(4)5/h11-12H,2-4,10,13-15H2,1,5-9H3. The van der Waals surface area contributed by atoms with Crippen molar-refractivity contribution >= 4 is 31.4 Å². The average molecular weight is 403 g/mol. The van der Waals surface area contributed by atoms with Gasteiger partial charge in [-0.25, -0.2) is 4.79 Å². The summed E-state index contributed by atoms with van der Waals surface area (Å²) >= 11 is 0. The fourth-order valence-corrected chi connectivity index (χ4v) is 12.0. The third kappa shape index (κ3) is 9.47. The van der Waals surface area contributed by atoms with E-state index in [4.69, 9.17) is 17.4 Å². The van der Waals surface area contributed by atoms with Crippen LogP contribution in [0.5, 0.6) is 0 Å². The molecule has 144 valence electrons. The monoisotopic (exact) mass is 402 g/mol.